The first kappa shape index (κ1) is 20.0. The number of sulfonamides is 1. The topological polar surface area (TPSA) is 66.5 Å². The van der Waals surface area contributed by atoms with E-state index in [2.05, 4.69) is 5.32 Å². The SMILES string of the molecule is Cc1ccc(S(=O)(=O)N(C)c2ccsc2C(=O)NCc2ccc(F)cc2)cc1. The number of hydrogen-bond donors (Lipinski definition) is 1. The Bertz CT molecular complexity index is 1080. The van der Waals surface area contributed by atoms with Crippen LogP contribution in [0.2, 0.25) is 0 Å². The lowest BCUT2D eigenvalue weighted by molar-refractivity contribution is 0.0955. The number of thiophene rings is 1. The molecule has 0 radical (unpaired) electrons. The molecule has 0 aliphatic rings. The van der Waals surface area contributed by atoms with E-state index >= 15 is 0 Å². The molecule has 0 aliphatic carbocycles. The predicted octanol–water partition coefficient (Wildman–Crippen LogP) is 3.95. The molecule has 146 valence electrons. The van der Waals surface area contributed by atoms with E-state index in [9.17, 15) is 17.6 Å². The Balaban J connectivity index is 1.79. The fourth-order valence-electron chi connectivity index (χ4n) is 2.58. The highest BCUT2D eigenvalue weighted by Gasteiger charge is 2.26. The largest absolute Gasteiger partial charge is 0.347 e. The van der Waals surface area contributed by atoms with Gasteiger partial charge in [-0.25, -0.2) is 12.8 Å². The Labute approximate surface area is 167 Å². The molecule has 1 amide bonds. The molecule has 1 N–H and O–H groups in total. The molecule has 2 aromatic carbocycles. The maximum Gasteiger partial charge on any atom is 0.264 e. The molecule has 0 aliphatic heterocycles. The molecular weight excluding hydrogens is 399 g/mol. The number of aryl methyl sites for hydroxylation is 1. The zero-order chi connectivity index (χ0) is 20.3. The van der Waals surface area contributed by atoms with E-state index < -0.39 is 10.0 Å². The summed E-state index contributed by atoms with van der Waals surface area (Å²) in [6.07, 6.45) is 0. The van der Waals surface area contributed by atoms with E-state index in [0.717, 1.165) is 26.8 Å². The molecule has 0 unspecified atom stereocenters. The molecular formula is C20H19FN2O3S2. The third kappa shape index (κ3) is 4.23. The molecule has 3 aromatic rings. The minimum atomic E-state index is -3.79. The van der Waals surface area contributed by atoms with Crippen molar-refractivity contribution in [2.24, 2.45) is 0 Å². The zero-order valence-electron chi connectivity index (χ0n) is 15.3. The summed E-state index contributed by atoms with van der Waals surface area (Å²) >= 11 is 1.16. The maximum absolute atomic E-state index is 13.0. The van der Waals surface area contributed by atoms with Gasteiger partial charge >= 0.3 is 0 Å². The number of nitrogens with one attached hydrogen (secondary N) is 1. The van der Waals surface area contributed by atoms with Gasteiger partial charge in [0, 0.05) is 13.6 Å². The van der Waals surface area contributed by atoms with Gasteiger partial charge in [-0.15, -0.1) is 11.3 Å². The maximum atomic E-state index is 13.0. The number of halogens is 1. The number of rotatable bonds is 6. The molecule has 0 spiro atoms. The van der Waals surface area contributed by atoms with Crippen molar-refractivity contribution in [3.63, 3.8) is 0 Å². The average molecular weight is 419 g/mol. The smallest absolute Gasteiger partial charge is 0.264 e. The molecule has 0 fully saturated rings. The first-order chi connectivity index (χ1) is 13.3. The van der Waals surface area contributed by atoms with Crippen LogP contribution in [0.4, 0.5) is 10.1 Å². The summed E-state index contributed by atoms with van der Waals surface area (Å²) in [7, 11) is -2.36. The van der Waals surface area contributed by atoms with Gasteiger partial charge in [-0.2, -0.15) is 0 Å². The van der Waals surface area contributed by atoms with Crippen LogP contribution in [0.1, 0.15) is 20.8 Å². The molecule has 5 nitrogen and oxygen atoms in total. The van der Waals surface area contributed by atoms with Crippen molar-refractivity contribution in [3.8, 4) is 0 Å². The van der Waals surface area contributed by atoms with Crippen LogP contribution in [-0.2, 0) is 16.6 Å². The number of nitrogens with zero attached hydrogens (tertiary/aromatic N) is 1. The first-order valence-corrected chi connectivity index (χ1v) is 10.8. The van der Waals surface area contributed by atoms with Crippen LogP contribution in [0.3, 0.4) is 0 Å². The van der Waals surface area contributed by atoms with E-state index in [-0.39, 0.29) is 23.2 Å². The standard InChI is InChI=1S/C20H19FN2O3S2/c1-14-3-9-17(10-4-14)28(25,26)23(2)18-11-12-27-19(18)20(24)22-13-15-5-7-16(21)8-6-15/h3-12H,13H2,1-2H3,(H,22,24). The van der Waals surface area contributed by atoms with E-state index in [4.69, 9.17) is 0 Å². The normalized spacial score (nSPS) is 11.2. The fourth-order valence-corrected chi connectivity index (χ4v) is 4.69. The highest BCUT2D eigenvalue weighted by atomic mass is 32.2. The van der Waals surface area contributed by atoms with Gasteiger partial charge in [-0.05, 0) is 48.2 Å². The average Bonchev–Trinajstić information content (AvgIpc) is 3.16. The van der Waals surface area contributed by atoms with E-state index in [1.54, 1.807) is 47.8 Å². The number of carbonyl (C=O) groups excluding carboxylic acids is 1. The van der Waals surface area contributed by atoms with Crippen LogP contribution in [0.5, 0.6) is 0 Å². The summed E-state index contributed by atoms with van der Waals surface area (Å²) in [5, 5.41) is 4.41. The molecule has 8 heteroatoms. The lowest BCUT2D eigenvalue weighted by atomic mass is 10.2. The molecule has 1 heterocycles. The van der Waals surface area contributed by atoms with Crippen molar-refractivity contribution >= 4 is 33.0 Å². The third-order valence-corrected chi connectivity index (χ3v) is 6.92. The Morgan fingerprint density at radius 1 is 1.07 bits per heavy atom. The Morgan fingerprint density at radius 3 is 2.36 bits per heavy atom. The quantitative estimate of drug-likeness (QED) is 0.659. The van der Waals surface area contributed by atoms with Gasteiger partial charge in [0.15, 0.2) is 0 Å². The van der Waals surface area contributed by atoms with Crippen molar-refractivity contribution in [3.05, 3.63) is 81.8 Å². The molecule has 0 saturated carbocycles. The second kappa shape index (κ2) is 8.12. The molecule has 0 saturated heterocycles. The van der Waals surface area contributed by atoms with Gasteiger partial charge in [-0.3, -0.25) is 9.10 Å². The van der Waals surface area contributed by atoms with Crippen LogP contribution in [0, 0.1) is 12.7 Å². The van der Waals surface area contributed by atoms with Crippen LogP contribution in [-0.4, -0.2) is 21.4 Å². The predicted molar refractivity (Wildman–Crippen MR) is 109 cm³/mol. The van der Waals surface area contributed by atoms with Crippen molar-refractivity contribution in [1.82, 2.24) is 5.32 Å². The number of amides is 1. The monoisotopic (exact) mass is 418 g/mol. The number of anilines is 1. The summed E-state index contributed by atoms with van der Waals surface area (Å²) in [6.45, 7) is 2.09. The van der Waals surface area contributed by atoms with Crippen molar-refractivity contribution in [2.75, 3.05) is 11.4 Å². The summed E-state index contributed by atoms with van der Waals surface area (Å²) < 4.78 is 39.9. The van der Waals surface area contributed by atoms with Gasteiger partial charge in [-0.1, -0.05) is 29.8 Å². The van der Waals surface area contributed by atoms with Crippen molar-refractivity contribution < 1.29 is 17.6 Å². The van der Waals surface area contributed by atoms with Crippen LogP contribution >= 0.6 is 11.3 Å². The highest BCUT2D eigenvalue weighted by molar-refractivity contribution is 7.92. The first-order valence-electron chi connectivity index (χ1n) is 8.45. The lowest BCUT2D eigenvalue weighted by Crippen LogP contribution is -2.29. The van der Waals surface area contributed by atoms with Gasteiger partial charge in [0.05, 0.1) is 10.6 Å². The van der Waals surface area contributed by atoms with Crippen molar-refractivity contribution in [2.45, 2.75) is 18.4 Å². The molecule has 28 heavy (non-hydrogen) atoms. The molecule has 3 rings (SSSR count). The highest BCUT2D eigenvalue weighted by Crippen LogP contribution is 2.30. The second-order valence-electron chi connectivity index (χ2n) is 6.23. The van der Waals surface area contributed by atoms with Crippen LogP contribution in [0.15, 0.2) is 64.9 Å². The summed E-state index contributed by atoms with van der Waals surface area (Å²) in [5.41, 5.74) is 2.01. The number of benzene rings is 2. The van der Waals surface area contributed by atoms with E-state index in [0.29, 0.717) is 10.6 Å². The molecule has 0 atom stereocenters. The van der Waals surface area contributed by atoms with Gasteiger partial charge in [0.2, 0.25) is 0 Å². The minimum Gasteiger partial charge on any atom is -0.347 e. The molecule has 1 aromatic heterocycles. The van der Waals surface area contributed by atoms with Gasteiger partial charge in [0.25, 0.3) is 15.9 Å². The van der Waals surface area contributed by atoms with Gasteiger partial charge < -0.3 is 5.32 Å². The summed E-state index contributed by atoms with van der Waals surface area (Å²) in [4.78, 5) is 13.0. The Hall–Kier alpha value is -2.71. The summed E-state index contributed by atoms with van der Waals surface area (Å²) in [6, 6.07) is 13.9. The molecule has 0 bridgehead atoms. The second-order valence-corrected chi connectivity index (χ2v) is 9.12. The van der Waals surface area contributed by atoms with Crippen LogP contribution in [0.25, 0.3) is 0 Å². The summed E-state index contributed by atoms with van der Waals surface area (Å²) in [5.74, 6) is -0.737. The third-order valence-electron chi connectivity index (χ3n) is 4.24. The zero-order valence-corrected chi connectivity index (χ0v) is 17.0. The van der Waals surface area contributed by atoms with Crippen LogP contribution < -0.4 is 9.62 Å². The Kier molecular flexibility index (Phi) is 5.81. The lowest BCUT2D eigenvalue weighted by Gasteiger charge is -2.20. The Morgan fingerprint density at radius 2 is 1.71 bits per heavy atom. The van der Waals surface area contributed by atoms with Gasteiger partial charge in [0.1, 0.15) is 10.7 Å². The number of carbonyl (C=O) groups is 1. The number of hydrogen-bond acceptors (Lipinski definition) is 4. The van der Waals surface area contributed by atoms with E-state index in [1.165, 1.54) is 19.2 Å². The minimum absolute atomic E-state index is 0.157. The van der Waals surface area contributed by atoms with E-state index in [1.807, 2.05) is 6.92 Å². The fraction of sp³-hybridized carbons (Fsp3) is 0.150. The van der Waals surface area contributed by atoms with Crippen molar-refractivity contribution in [1.29, 1.82) is 0 Å².